The first-order valence-electron chi connectivity index (χ1n) is 5.85. The summed E-state index contributed by atoms with van der Waals surface area (Å²) in [5, 5.41) is 0. The molecule has 0 aliphatic carbocycles. The van der Waals surface area contributed by atoms with Crippen molar-refractivity contribution in [1.82, 2.24) is 0 Å². The van der Waals surface area contributed by atoms with E-state index >= 15 is 0 Å². The van der Waals surface area contributed by atoms with Gasteiger partial charge in [-0.15, -0.1) is 0 Å². The number of hydrogen-bond donors (Lipinski definition) is 0. The van der Waals surface area contributed by atoms with Gasteiger partial charge >= 0.3 is 0 Å². The maximum absolute atomic E-state index is 12.9. The SMILES string of the molecule is COc1cccc(C(=O)COc2ccc(F)cc2Br)c1. The normalized spacial score (nSPS) is 10.2. The highest BCUT2D eigenvalue weighted by Gasteiger charge is 2.09. The molecule has 0 N–H and O–H groups in total. The Hall–Kier alpha value is -1.88. The smallest absolute Gasteiger partial charge is 0.200 e. The van der Waals surface area contributed by atoms with Crippen molar-refractivity contribution in [1.29, 1.82) is 0 Å². The highest BCUT2D eigenvalue weighted by atomic mass is 79.9. The van der Waals surface area contributed by atoms with Gasteiger partial charge in [0.15, 0.2) is 12.4 Å². The van der Waals surface area contributed by atoms with Crippen molar-refractivity contribution in [3.8, 4) is 11.5 Å². The molecule has 0 aromatic heterocycles. The average molecular weight is 339 g/mol. The Morgan fingerprint density at radius 3 is 2.75 bits per heavy atom. The summed E-state index contributed by atoms with van der Waals surface area (Å²) < 4.78 is 23.8. The number of ketones is 1. The Kier molecular flexibility index (Phi) is 4.74. The average Bonchev–Trinajstić information content (AvgIpc) is 2.46. The van der Waals surface area contributed by atoms with E-state index in [1.54, 1.807) is 24.3 Å². The van der Waals surface area contributed by atoms with Crippen molar-refractivity contribution in [3.63, 3.8) is 0 Å². The van der Waals surface area contributed by atoms with Gasteiger partial charge in [-0.2, -0.15) is 0 Å². The molecule has 0 bridgehead atoms. The van der Waals surface area contributed by atoms with Crippen LogP contribution in [-0.2, 0) is 0 Å². The van der Waals surface area contributed by atoms with Gasteiger partial charge in [0.05, 0.1) is 11.6 Å². The minimum atomic E-state index is -0.372. The second-order valence-electron chi connectivity index (χ2n) is 4.02. The Labute approximate surface area is 124 Å². The number of carbonyl (C=O) groups is 1. The second-order valence-corrected chi connectivity index (χ2v) is 4.87. The number of hydrogen-bond acceptors (Lipinski definition) is 3. The first-order chi connectivity index (χ1) is 9.60. The van der Waals surface area contributed by atoms with Crippen LogP contribution in [-0.4, -0.2) is 19.5 Å². The number of ether oxygens (including phenoxy) is 2. The molecule has 0 amide bonds. The molecular formula is C15H12BrFO3. The van der Waals surface area contributed by atoms with E-state index in [0.29, 0.717) is 21.5 Å². The van der Waals surface area contributed by atoms with Gasteiger partial charge in [0.2, 0.25) is 0 Å². The third kappa shape index (κ3) is 3.57. The third-order valence-electron chi connectivity index (χ3n) is 2.64. The molecule has 20 heavy (non-hydrogen) atoms. The number of benzene rings is 2. The van der Waals surface area contributed by atoms with Crippen LogP contribution in [0.3, 0.4) is 0 Å². The summed E-state index contributed by atoms with van der Waals surface area (Å²) in [5.41, 5.74) is 0.502. The molecule has 0 heterocycles. The summed E-state index contributed by atoms with van der Waals surface area (Å²) in [6.45, 7) is -0.128. The fourth-order valence-corrected chi connectivity index (χ4v) is 2.08. The van der Waals surface area contributed by atoms with Crippen LogP contribution in [0.25, 0.3) is 0 Å². The zero-order valence-corrected chi connectivity index (χ0v) is 12.3. The lowest BCUT2D eigenvalue weighted by molar-refractivity contribution is 0.0920. The fraction of sp³-hybridized carbons (Fsp3) is 0.133. The van der Waals surface area contributed by atoms with Gasteiger partial charge < -0.3 is 9.47 Å². The standard InChI is InChI=1S/C15H12BrFO3/c1-19-12-4-2-3-10(7-12)14(18)9-20-15-6-5-11(17)8-13(15)16/h2-8H,9H2,1H3. The van der Waals surface area contributed by atoms with E-state index < -0.39 is 0 Å². The van der Waals surface area contributed by atoms with Crippen molar-refractivity contribution >= 4 is 21.7 Å². The van der Waals surface area contributed by atoms with Crippen molar-refractivity contribution in [3.05, 3.63) is 58.3 Å². The van der Waals surface area contributed by atoms with Crippen LogP contribution in [0, 0.1) is 5.82 Å². The molecule has 0 aliphatic heterocycles. The Balaban J connectivity index is 2.04. The molecule has 0 spiro atoms. The van der Waals surface area contributed by atoms with E-state index in [1.165, 1.54) is 25.3 Å². The third-order valence-corrected chi connectivity index (χ3v) is 3.26. The molecule has 0 radical (unpaired) electrons. The lowest BCUT2D eigenvalue weighted by atomic mass is 10.1. The lowest BCUT2D eigenvalue weighted by Gasteiger charge is -2.08. The van der Waals surface area contributed by atoms with Crippen LogP contribution in [0.1, 0.15) is 10.4 Å². The van der Waals surface area contributed by atoms with Crippen LogP contribution in [0.15, 0.2) is 46.9 Å². The molecule has 0 unspecified atom stereocenters. The summed E-state index contributed by atoms with van der Waals surface area (Å²) in [6.07, 6.45) is 0. The zero-order valence-electron chi connectivity index (χ0n) is 10.7. The van der Waals surface area contributed by atoms with Crippen LogP contribution < -0.4 is 9.47 Å². The van der Waals surface area contributed by atoms with Gasteiger partial charge in [0, 0.05) is 5.56 Å². The molecule has 104 valence electrons. The maximum atomic E-state index is 12.9. The van der Waals surface area contributed by atoms with E-state index in [2.05, 4.69) is 15.9 Å². The molecule has 5 heteroatoms. The van der Waals surface area contributed by atoms with Crippen molar-refractivity contribution in [2.24, 2.45) is 0 Å². The van der Waals surface area contributed by atoms with E-state index in [4.69, 9.17) is 9.47 Å². The van der Waals surface area contributed by atoms with E-state index in [-0.39, 0.29) is 18.2 Å². The van der Waals surface area contributed by atoms with Crippen molar-refractivity contribution < 1.29 is 18.7 Å². The second kappa shape index (κ2) is 6.52. The molecule has 2 aromatic carbocycles. The Morgan fingerprint density at radius 1 is 1.25 bits per heavy atom. The molecule has 0 saturated carbocycles. The fourth-order valence-electron chi connectivity index (χ4n) is 1.62. The van der Waals surface area contributed by atoms with Gasteiger partial charge in [-0.1, -0.05) is 12.1 Å². The van der Waals surface area contributed by atoms with Gasteiger partial charge in [-0.3, -0.25) is 4.79 Å². The largest absolute Gasteiger partial charge is 0.497 e. The molecule has 0 atom stereocenters. The first-order valence-corrected chi connectivity index (χ1v) is 6.64. The zero-order chi connectivity index (χ0) is 14.5. The van der Waals surface area contributed by atoms with E-state index in [0.717, 1.165) is 0 Å². The van der Waals surface area contributed by atoms with Crippen LogP contribution >= 0.6 is 15.9 Å². The van der Waals surface area contributed by atoms with Crippen LogP contribution in [0.5, 0.6) is 11.5 Å². The quantitative estimate of drug-likeness (QED) is 0.776. The number of rotatable bonds is 5. The van der Waals surface area contributed by atoms with E-state index in [9.17, 15) is 9.18 Å². The highest BCUT2D eigenvalue weighted by Crippen LogP contribution is 2.25. The minimum Gasteiger partial charge on any atom is -0.497 e. The molecule has 0 aliphatic rings. The Bertz CT molecular complexity index is 628. The van der Waals surface area contributed by atoms with Gasteiger partial charge in [-0.25, -0.2) is 4.39 Å². The summed E-state index contributed by atoms with van der Waals surface area (Å²) in [7, 11) is 1.54. The summed E-state index contributed by atoms with van der Waals surface area (Å²) in [5.74, 6) is 0.477. The molecule has 2 rings (SSSR count). The van der Waals surface area contributed by atoms with Gasteiger partial charge in [-0.05, 0) is 46.3 Å². The predicted octanol–water partition coefficient (Wildman–Crippen LogP) is 3.86. The molecular weight excluding hydrogens is 327 g/mol. The van der Waals surface area contributed by atoms with E-state index in [1.807, 2.05) is 0 Å². The molecule has 0 saturated heterocycles. The minimum absolute atomic E-state index is 0.128. The number of Topliss-reactive ketones (excluding diaryl/α,β-unsaturated/α-hetero) is 1. The van der Waals surface area contributed by atoms with Crippen LogP contribution in [0.4, 0.5) is 4.39 Å². The number of methoxy groups -OCH3 is 1. The molecule has 0 fully saturated rings. The first kappa shape index (κ1) is 14.5. The highest BCUT2D eigenvalue weighted by molar-refractivity contribution is 9.10. The lowest BCUT2D eigenvalue weighted by Crippen LogP contribution is -2.11. The van der Waals surface area contributed by atoms with Crippen molar-refractivity contribution in [2.75, 3.05) is 13.7 Å². The van der Waals surface area contributed by atoms with Crippen molar-refractivity contribution in [2.45, 2.75) is 0 Å². The number of halogens is 2. The maximum Gasteiger partial charge on any atom is 0.200 e. The topological polar surface area (TPSA) is 35.5 Å². The Morgan fingerprint density at radius 2 is 2.05 bits per heavy atom. The van der Waals surface area contributed by atoms with Crippen LogP contribution in [0.2, 0.25) is 0 Å². The summed E-state index contributed by atoms with van der Waals surface area (Å²) >= 11 is 3.18. The predicted molar refractivity (Wildman–Crippen MR) is 76.9 cm³/mol. The monoisotopic (exact) mass is 338 g/mol. The molecule has 2 aromatic rings. The van der Waals surface area contributed by atoms with Gasteiger partial charge in [0.1, 0.15) is 17.3 Å². The van der Waals surface area contributed by atoms with Gasteiger partial charge in [0.25, 0.3) is 0 Å². The molecule has 3 nitrogen and oxygen atoms in total. The summed E-state index contributed by atoms with van der Waals surface area (Å²) in [6, 6.07) is 10.9. The number of carbonyl (C=O) groups excluding carboxylic acids is 1. The summed E-state index contributed by atoms with van der Waals surface area (Å²) in [4.78, 5) is 12.0.